The van der Waals surface area contributed by atoms with Gasteiger partial charge >= 0.3 is 0 Å². The van der Waals surface area contributed by atoms with Crippen LogP contribution in [0.3, 0.4) is 0 Å². The topological polar surface area (TPSA) is 35.2 Å². The second-order valence-electron chi connectivity index (χ2n) is 4.83. The van der Waals surface area contributed by atoms with E-state index in [1.807, 2.05) is 0 Å². The van der Waals surface area contributed by atoms with E-state index in [9.17, 15) is 0 Å². The van der Waals surface area contributed by atoms with Gasteiger partial charge in [0.25, 0.3) is 0 Å². The second-order valence-corrected chi connectivity index (χ2v) is 7.32. The number of rotatable bonds is 4. The highest BCUT2D eigenvalue weighted by Gasteiger charge is 2.13. The first-order valence-electron chi connectivity index (χ1n) is 6.48. The standard InChI is InChI=1S/C15H16BrNOS/c16-15-6-5-14(19-15)12(17)3-1-10-2-4-13-11(9-10)7-8-18-13/h2,4-6,9,12H,1,3,7-8,17H2. The van der Waals surface area contributed by atoms with E-state index in [1.54, 1.807) is 11.3 Å². The van der Waals surface area contributed by atoms with Crippen molar-refractivity contribution < 1.29 is 4.74 Å². The van der Waals surface area contributed by atoms with E-state index in [4.69, 9.17) is 10.5 Å². The Hall–Kier alpha value is -0.840. The van der Waals surface area contributed by atoms with Gasteiger partial charge in [0.15, 0.2) is 0 Å². The molecule has 2 nitrogen and oxygen atoms in total. The second kappa shape index (κ2) is 5.65. The van der Waals surface area contributed by atoms with Crippen molar-refractivity contribution in [1.82, 2.24) is 0 Å². The number of benzene rings is 1. The average Bonchev–Trinajstić information content (AvgIpc) is 3.03. The van der Waals surface area contributed by atoms with Crippen LogP contribution in [-0.4, -0.2) is 6.61 Å². The minimum absolute atomic E-state index is 0.126. The summed E-state index contributed by atoms with van der Waals surface area (Å²) in [5.41, 5.74) is 8.93. The molecular formula is C15H16BrNOS. The molecule has 3 rings (SSSR count). The van der Waals surface area contributed by atoms with Crippen LogP contribution in [0.5, 0.6) is 5.75 Å². The van der Waals surface area contributed by atoms with Crippen molar-refractivity contribution in [2.24, 2.45) is 5.73 Å². The molecule has 0 saturated heterocycles. The number of nitrogens with two attached hydrogens (primary N) is 1. The van der Waals surface area contributed by atoms with Crippen LogP contribution in [0.25, 0.3) is 0 Å². The molecule has 0 amide bonds. The number of thiophene rings is 1. The predicted octanol–water partition coefficient (Wildman–Crippen LogP) is 4.08. The van der Waals surface area contributed by atoms with Crippen LogP contribution in [0.1, 0.15) is 28.5 Å². The number of hydrogen-bond donors (Lipinski definition) is 1. The fourth-order valence-electron chi connectivity index (χ4n) is 2.39. The Morgan fingerprint density at radius 3 is 3.00 bits per heavy atom. The molecule has 2 heterocycles. The summed E-state index contributed by atoms with van der Waals surface area (Å²) in [6.07, 6.45) is 3.03. The van der Waals surface area contributed by atoms with E-state index in [2.05, 4.69) is 46.3 Å². The van der Waals surface area contributed by atoms with Crippen LogP contribution >= 0.6 is 27.3 Å². The van der Waals surface area contributed by atoms with E-state index in [0.29, 0.717) is 0 Å². The first kappa shape index (κ1) is 13.2. The van der Waals surface area contributed by atoms with Gasteiger partial charge in [-0.2, -0.15) is 0 Å². The van der Waals surface area contributed by atoms with Gasteiger partial charge in [0.05, 0.1) is 10.4 Å². The number of aryl methyl sites for hydroxylation is 1. The van der Waals surface area contributed by atoms with Crippen molar-refractivity contribution in [3.8, 4) is 5.75 Å². The Morgan fingerprint density at radius 1 is 1.32 bits per heavy atom. The van der Waals surface area contributed by atoms with Gasteiger partial charge in [-0.05, 0) is 58.1 Å². The SMILES string of the molecule is NC(CCc1ccc2c(c1)CCO2)c1ccc(Br)s1. The highest BCUT2D eigenvalue weighted by atomic mass is 79.9. The highest BCUT2D eigenvalue weighted by molar-refractivity contribution is 9.11. The first-order valence-corrected chi connectivity index (χ1v) is 8.09. The fourth-order valence-corrected chi connectivity index (χ4v) is 3.85. The third-order valence-electron chi connectivity index (χ3n) is 3.46. The van der Waals surface area contributed by atoms with Gasteiger partial charge in [-0.3, -0.25) is 0 Å². The summed E-state index contributed by atoms with van der Waals surface area (Å²) in [6.45, 7) is 0.821. The number of hydrogen-bond acceptors (Lipinski definition) is 3. The van der Waals surface area contributed by atoms with Gasteiger partial charge in [0.2, 0.25) is 0 Å². The summed E-state index contributed by atoms with van der Waals surface area (Å²) in [7, 11) is 0. The molecule has 0 radical (unpaired) electrons. The number of fused-ring (bicyclic) bond motifs is 1. The molecule has 1 aliphatic heterocycles. The van der Waals surface area contributed by atoms with Crippen molar-refractivity contribution in [3.05, 3.63) is 50.1 Å². The molecule has 100 valence electrons. The molecule has 1 unspecified atom stereocenters. The van der Waals surface area contributed by atoms with Crippen molar-refractivity contribution in [2.75, 3.05) is 6.61 Å². The summed E-state index contributed by atoms with van der Waals surface area (Å²) >= 11 is 5.20. The fraction of sp³-hybridized carbons (Fsp3) is 0.333. The molecule has 4 heteroatoms. The van der Waals surface area contributed by atoms with Crippen LogP contribution in [0, 0.1) is 0 Å². The zero-order valence-corrected chi connectivity index (χ0v) is 13.0. The summed E-state index contributed by atoms with van der Waals surface area (Å²) in [4.78, 5) is 1.25. The maximum Gasteiger partial charge on any atom is 0.122 e. The van der Waals surface area contributed by atoms with Gasteiger partial charge in [0.1, 0.15) is 5.75 Å². The van der Waals surface area contributed by atoms with Crippen molar-refractivity contribution in [2.45, 2.75) is 25.3 Å². The van der Waals surface area contributed by atoms with Crippen molar-refractivity contribution in [1.29, 1.82) is 0 Å². The Balaban J connectivity index is 1.63. The minimum atomic E-state index is 0.126. The first-order chi connectivity index (χ1) is 9.22. The lowest BCUT2D eigenvalue weighted by molar-refractivity contribution is 0.357. The lowest BCUT2D eigenvalue weighted by Crippen LogP contribution is -2.09. The lowest BCUT2D eigenvalue weighted by Gasteiger charge is -2.10. The van der Waals surface area contributed by atoms with Crippen LogP contribution in [0.4, 0.5) is 0 Å². The molecular weight excluding hydrogens is 322 g/mol. The third-order valence-corrected chi connectivity index (χ3v) is 5.21. The quantitative estimate of drug-likeness (QED) is 0.912. The van der Waals surface area contributed by atoms with E-state index in [1.165, 1.54) is 16.0 Å². The summed E-state index contributed by atoms with van der Waals surface area (Å²) < 4.78 is 6.67. The van der Waals surface area contributed by atoms with Gasteiger partial charge in [-0.1, -0.05) is 12.1 Å². The van der Waals surface area contributed by atoms with Crippen molar-refractivity contribution >= 4 is 27.3 Å². The van der Waals surface area contributed by atoms with E-state index >= 15 is 0 Å². The zero-order chi connectivity index (χ0) is 13.2. The van der Waals surface area contributed by atoms with Crippen molar-refractivity contribution in [3.63, 3.8) is 0 Å². The Morgan fingerprint density at radius 2 is 2.21 bits per heavy atom. The van der Waals surface area contributed by atoms with Crippen LogP contribution in [0.2, 0.25) is 0 Å². The minimum Gasteiger partial charge on any atom is -0.493 e. The molecule has 1 atom stereocenters. The number of halogens is 1. The van der Waals surface area contributed by atoms with Gasteiger partial charge in [-0.15, -0.1) is 11.3 Å². The van der Waals surface area contributed by atoms with E-state index < -0.39 is 0 Å². The predicted molar refractivity (Wildman–Crippen MR) is 82.9 cm³/mol. The highest BCUT2D eigenvalue weighted by Crippen LogP contribution is 2.30. The van der Waals surface area contributed by atoms with Crippen LogP contribution in [-0.2, 0) is 12.8 Å². The van der Waals surface area contributed by atoms with E-state index in [0.717, 1.165) is 35.4 Å². The lowest BCUT2D eigenvalue weighted by atomic mass is 10.0. The molecule has 2 N–H and O–H groups in total. The molecule has 2 aromatic rings. The zero-order valence-electron chi connectivity index (χ0n) is 10.6. The normalized spacial score (nSPS) is 15.1. The molecule has 0 bridgehead atoms. The summed E-state index contributed by atoms with van der Waals surface area (Å²) in [5.74, 6) is 1.05. The summed E-state index contributed by atoms with van der Waals surface area (Å²) in [5, 5.41) is 0. The Bertz CT molecular complexity index is 581. The number of ether oxygens (including phenoxy) is 1. The maximum absolute atomic E-state index is 6.23. The van der Waals surface area contributed by atoms with Gasteiger partial charge < -0.3 is 10.5 Å². The smallest absolute Gasteiger partial charge is 0.122 e. The Kier molecular flexibility index (Phi) is 3.91. The maximum atomic E-state index is 6.23. The molecule has 1 aromatic carbocycles. The van der Waals surface area contributed by atoms with Gasteiger partial charge in [0, 0.05) is 17.3 Å². The summed E-state index contributed by atoms with van der Waals surface area (Å²) in [6, 6.07) is 10.8. The molecule has 0 fully saturated rings. The molecule has 0 aliphatic carbocycles. The third kappa shape index (κ3) is 3.02. The largest absolute Gasteiger partial charge is 0.493 e. The van der Waals surface area contributed by atoms with Gasteiger partial charge in [-0.25, -0.2) is 0 Å². The molecule has 0 saturated carbocycles. The molecule has 19 heavy (non-hydrogen) atoms. The monoisotopic (exact) mass is 337 g/mol. The van der Waals surface area contributed by atoms with E-state index in [-0.39, 0.29) is 6.04 Å². The Labute approximate surface area is 125 Å². The average molecular weight is 338 g/mol. The van der Waals surface area contributed by atoms with Crippen LogP contribution < -0.4 is 10.5 Å². The van der Waals surface area contributed by atoms with Crippen LogP contribution in [0.15, 0.2) is 34.1 Å². The molecule has 1 aliphatic rings. The molecule has 1 aromatic heterocycles. The molecule has 0 spiro atoms.